The smallest absolute Gasteiger partial charge is 0.252 e. The van der Waals surface area contributed by atoms with E-state index in [0.29, 0.717) is 12.1 Å². The van der Waals surface area contributed by atoms with Crippen LogP contribution in [-0.4, -0.2) is 5.91 Å². The molecule has 2 rings (SSSR count). The summed E-state index contributed by atoms with van der Waals surface area (Å²) in [5.74, 6) is -0.102. The van der Waals surface area contributed by atoms with Crippen LogP contribution in [0.3, 0.4) is 0 Å². The molecule has 0 saturated heterocycles. The lowest BCUT2D eigenvalue weighted by atomic mass is 10.2. The average Bonchev–Trinajstić information content (AvgIpc) is 2.37. The molecule has 0 radical (unpaired) electrons. The number of rotatable bonds is 3. The Balaban J connectivity index is 2.08. The largest absolute Gasteiger partial charge is 0.348 e. The van der Waals surface area contributed by atoms with Gasteiger partial charge in [0.15, 0.2) is 0 Å². The molecular formula is C14H10Br3NO. The molecule has 0 aliphatic rings. The Bertz CT molecular complexity index is 613. The van der Waals surface area contributed by atoms with E-state index < -0.39 is 0 Å². The SMILES string of the molecule is O=C(NCc1ccccc1Br)c1ccc(Br)cc1Br. The second kappa shape index (κ2) is 6.68. The zero-order valence-electron chi connectivity index (χ0n) is 9.79. The third-order valence-corrected chi connectivity index (χ3v) is 4.50. The summed E-state index contributed by atoms with van der Waals surface area (Å²) in [5, 5.41) is 2.90. The number of nitrogens with one attached hydrogen (secondary N) is 1. The number of amides is 1. The summed E-state index contributed by atoms with van der Waals surface area (Å²) in [6.45, 7) is 0.489. The number of carbonyl (C=O) groups excluding carboxylic acids is 1. The predicted molar refractivity (Wildman–Crippen MR) is 87.2 cm³/mol. The van der Waals surface area contributed by atoms with E-state index in [9.17, 15) is 4.79 Å². The van der Waals surface area contributed by atoms with E-state index in [2.05, 4.69) is 53.1 Å². The minimum Gasteiger partial charge on any atom is -0.348 e. The lowest BCUT2D eigenvalue weighted by Crippen LogP contribution is -2.23. The molecule has 0 spiro atoms. The van der Waals surface area contributed by atoms with E-state index in [4.69, 9.17) is 0 Å². The number of halogens is 3. The fourth-order valence-corrected chi connectivity index (χ4v) is 3.24. The quantitative estimate of drug-likeness (QED) is 0.712. The number of hydrogen-bond donors (Lipinski definition) is 1. The van der Waals surface area contributed by atoms with Gasteiger partial charge in [-0.25, -0.2) is 0 Å². The molecule has 2 nitrogen and oxygen atoms in total. The van der Waals surface area contributed by atoms with E-state index in [1.54, 1.807) is 6.07 Å². The van der Waals surface area contributed by atoms with Gasteiger partial charge in [0.2, 0.25) is 0 Å². The summed E-state index contributed by atoms with van der Waals surface area (Å²) < 4.78 is 2.69. The monoisotopic (exact) mass is 445 g/mol. The highest BCUT2D eigenvalue weighted by atomic mass is 79.9. The Morgan fingerprint density at radius 3 is 2.42 bits per heavy atom. The molecule has 0 aromatic heterocycles. The van der Waals surface area contributed by atoms with Crippen LogP contribution < -0.4 is 5.32 Å². The van der Waals surface area contributed by atoms with Crippen molar-refractivity contribution in [2.24, 2.45) is 0 Å². The Morgan fingerprint density at radius 1 is 1.00 bits per heavy atom. The van der Waals surface area contributed by atoms with E-state index in [-0.39, 0.29) is 5.91 Å². The fraction of sp³-hybridized carbons (Fsp3) is 0.0714. The van der Waals surface area contributed by atoms with Crippen LogP contribution in [0.4, 0.5) is 0 Å². The van der Waals surface area contributed by atoms with Crippen LogP contribution in [0.1, 0.15) is 15.9 Å². The van der Waals surface area contributed by atoms with Crippen LogP contribution in [-0.2, 0) is 6.54 Å². The van der Waals surface area contributed by atoms with E-state index >= 15 is 0 Å². The maximum absolute atomic E-state index is 12.1. The van der Waals surface area contributed by atoms with Crippen LogP contribution in [0.15, 0.2) is 55.9 Å². The Kier molecular flexibility index (Phi) is 5.19. The van der Waals surface area contributed by atoms with Crippen LogP contribution >= 0.6 is 47.8 Å². The van der Waals surface area contributed by atoms with Crippen LogP contribution in [0.2, 0.25) is 0 Å². The Morgan fingerprint density at radius 2 is 1.74 bits per heavy atom. The standard InChI is InChI=1S/C14H10Br3NO/c15-10-5-6-11(13(17)7-10)14(19)18-8-9-3-1-2-4-12(9)16/h1-7H,8H2,(H,18,19). The fourth-order valence-electron chi connectivity index (χ4n) is 1.59. The highest BCUT2D eigenvalue weighted by Gasteiger charge is 2.10. The van der Waals surface area contributed by atoms with Gasteiger partial charge in [0.1, 0.15) is 0 Å². The van der Waals surface area contributed by atoms with Crippen molar-refractivity contribution in [3.8, 4) is 0 Å². The molecule has 1 N–H and O–H groups in total. The molecule has 0 aliphatic heterocycles. The van der Waals surface area contributed by atoms with Crippen molar-refractivity contribution in [1.82, 2.24) is 5.32 Å². The minimum atomic E-state index is -0.102. The summed E-state index contributed by atoms with van der Waals surface area (Å²) in [4.78, 5) is 12.1. The number of hydrogen-bond acceptors (Lipinski definition) is 1. The van der Waals surface area contributed by atoms with Crippen LogP contribution in [0.5, 0.6) is 0 Å². The van der Waals surface area contributed by atoms with Gasteiger partial charge >= 0.3 is 0 Å². The molecule has 0 heterocycles. The first-order valence-electron chi connectivity index (χ1n) is 5.54. The first-order valence-corrected chi connectivity index (χ1v) is 7.92. The van der Waals surface area contributed by atoms with Gasteiger partial charge < -0.3 is 5.32 Å². The summed E-state index contributed by atoms with van der Waals surface area (Å²) in [5.41, 5.74) is 1.67. The van der Waals surface area contributed by atoms with Crippen LogP contribution in [0, 0.1) is 0 Å². The summed E-state index contributed by atoms with van der Waals surface area (Å²) in [7, 11) is 0. The summed E-state index contributed by atoms with van der Waals surface area (Å²) in [6.07, 6.45) is 0. The van der Waals surface area contributed by atoms with Gasteiger partial charge in [0, 0.05) is 20.0 Å². The molecule has 0 atom stereocenters. The van der Waals surface area contributed by atoms with Crippen LogP contribution in [0.25, 0.3) is 0 Å². The maximum atomic E-state index is 12.1. The highest BCUT2D eigenvalue weighted by Crippen LogP contribution is 2.22. The minimum absolute atomic E-state index is 0.102. The van der Waals surface area contributed by atoms with Gasteiger partial charge in [0.25, 0.3) is 5.91 Å². The Labute approximate surface area is 137 Å². The van der Waals surface area contributed by atoms with E-state index in [1.165, 1.54) is 0 Å². The molecule has 0 bridgehead atoms. The van der Waals surface area contributed by atoms with Crippen molar-refractivity contribution in [3.63, 3.8) is 0 Å². The molecule has 0 unspecified atom stereocenters. The van der Waals surface area contributed by atoms with Gasteiger partial charge in [-0.2, -0.15) is 0 Å². The molecule has 5 heteroatoms. The van der Waals surface area contributed by atoms with Crippen molar-refractivity contribution in [2.45, 2.75) is 6.54 Å². The topological polar surface area (TPSA) is 29.1 Å². The van der Waals surface area contributed by atoms with Gasteiger partial charge in [0.05, 0.1) is 5.56 Å². The lowest BCUT2D eigenvalue weighted by molar-refractivity contribution is 0.0950. The molecule has 1 amide bonds. The molecule has 0 saturated carbocycles. The second-order valence-electron chi connectivity index (χ2n) is 3.90. The van der Waals surface area contributed by atoms with Gasteiger partial charge in [-0.1, -0.05) is 50.1 Å². The third-order valence-electron chi connectivity index (χ3n) is 2.57. The molecule has 19 heavy (non-hydrogen) atoms. The molecule has 0 fully saturated rings. The molecular weight excluding hydrogens is 438 g/mol. The zero-order chi connectivity index (χ0) is 13.8. The Hall–Kier alpha value is -0.650. The normalized spacial score (nSPS) is 10.3. The summed E-state index contributed by atoms with van der Waals surface area (Å²) in [6, 6.07) is 13.3. The van der Waals surface area contributed by atoms with Gasteiger partial charge in [-0.05, 0) is 45.8 Å². The first kappa shape index (κ1) is 14.8. The van der Waals surface area contributed by atoms with Crippen molar-refractivity contribution in [2.75, 3.05) is 0 Å². The van der Waals surface area contributed by atoms with Crippen molar-refractivity contribution in [3.05, 3.63) is 67.0 Å². The molecule has 98 valence electrons. The van der Waals surface area contributed by atoms with Gasteiger partial charge in [-0.3, -0.25) is 4.79 Å². The maximum Gasteiger partial charge on any atom is 0.252 e. The van der Waals surface area contributed by atoms with Gasteiger partial charge in [-0.15, -0.1) is 0 Å². The highest BCUT2D eigenvalue weighted by molar-refractivity contribution is 9.11. The average molecular weight is 448 g/mol. The third kappa shape index (κ3) is 3.91. The van der Waals surface area contributed by atoms with Crippen molar-refractivity contribution in [1.29, 1.82) is 0 Å². The van der Waals surface area contributed by atoms with E-state index in [0.717, 1.165) is 19.0 Å². The lowest BCUT2D eigenvalue weighted by Gasteiger charge is -2.08. The second-order valence-corrected chi connectivity index (χ2v) is 6.52. The number of benzene rings is 2. The molecule has 2 aromatic carbocycles. The molecule has 2 aromatic rings. The zero-order valence-corrected chi connectivity index (χ0v) is 14.5. The molecule has 0 aliphatic carbocycles. The first-order chi connectivity index (χ1) is 9.08. The predicted octanol–water partition coefficient (Wildman–Crippen LogP) is 4.90. The summed E-state index contributed by atoms with van der Waals surface area (Å²) >= 11 is 10.2. The van der Waals surface area contributed by atoms with Crippen molar-refractivity contribution >= 4 is 53.7 Å². The van der Waals surface area contributed by atoms with Crippen molar-refractivity contribution < 1.29 is 4.79 Å². The van der Waals surface area contributed by atoms with E-state index in [1.807, 2.05) is 36.4 Å². The number of carbonyl (C=O) groups is 1.